The highest BCUT2D eigenvalue weighted by molar-refractivity contribution is 7.85. The molecule has 4 aromatic carbocycles. The second-order valence-electron chi connectivity index (χ2n) is 6.25. The lowest BCUT2D eigenvalue weighted by molar-refractivity contribution is 0.469. The van der Waals surface area contributed by atoms with Gasteiger partial charge in [-0.2, -0.15) is 8.42 Å². The van der Waals surface area contributed by atoms with Gasteiger partial charge in [-0.05, 0) is 47.5 Å². The van der Waals surface area contributed by atoms with Crippen LogP contribution in [0, 0.1) is 0 Å². The van der Waals surface area contributed by atoms with E-state index in [-0.39, 0.29) is 4.90 Å². The molecule has 4 nitrogen and oxygen atoms in total. The molecule has 0 radical (unpaired) electrons. The Balaban J connectivity index is 0.000000184. The number of ether oxygens (including phenoxy) is 1. The van der Waals surface area contributed by atoms with Crippen LogP contribution in [0.25, 0.3) is 11.1 Å². The molecule has 6 heteroatoms. The van der Waals surface area contributed by atoms with Crippen LogP contribution in [-0.2, 0) is 10.1 Å². The van der Waals surface area contributed by atoms with Crippen molar-refractivity contribution in [1.82, 2.24) is 0 Å². The standard InChI is InChI=1S/C12H10O4S2.C12H10/c13-18(14,15)10-7-5-9(6-8-10)16-11-3-1-2-4-12(11)17;1-3-7-11(8-4-1)12-9-5-2-6-10-12/h1-8,17H,(H,13,14,15);1-10H. The fraction of sp³-hybridized carbons (Fsp3) is 0. The third kappa shape index (κ3) is 6.22. The zero-order valence-corrected chi connectivity index (χ0v) is 17.6. The van der Waals surface area contributed by atoms with Crippen LogP contribution >= 0.6 is 12.6 Å². The molecule has 0 saturated heterocycles. The lowest BCUT2D eigenvalue weighted by Gasteiger charge is -2.07. The maximum Gasteiger partial charge on any atom is 0.294 e. The Morgan fingerprint density at radius 3 is 1.57 bits per heavy atom. The Kier molecular flexibility index (Phi) is 7.30. The van der Waals surface area contributed by atoms with Crippen molar-refractivity contribution in [3.05, 3.63) is 109 Å². The normalized spacial score (nSPS) is 10.6. The molecule has 0 fully saturated rings. The average Bonchev–Trinajstić information content (AvgIpc) is 2.77. The van der Waals surface area contributed by atoms with Crippen LogP contribution < -0.4 is 4.74 Å². The molecule has 0 amide bonds. The minimum Gasteiger partial charge on any atom is -0.456 e. The van der Waals surface area contributed by atoms with Crippen LogP contribution in [0.2, 0.25) is 0 Å². The number of hydrogen-bond acceptors (Lipinski definition) is 4. The summed E-state index contributed by atoms with van der Waals surface area (Å²) in [7, 11) is -4.17. The lowest BCUT2D eigenvalue weighted by atomic mass is 10.1. The molecule has 1 N–H and O–H groups in total. The van der Waals surface area contributed by atoms with Gasteiger partial charge in [0.05, 0.1) is 4.90 Å². The quantitative estimate of drug-likeness (QED) is 0.288. The number of para-hydroxylation sites is 1. The second kappa shape index (κ2) is 10.1. The summed E-state index contributed by atoms with van der Waals surface area (Å²) in [5.41, 5.74) is 2.55. The summed E-state index contributed by atoms with van der Waals surface area (Å²) < 4.78 is 36.1. The Bertz CT molecular complexity index is 1140. The van der Waals surface area contributed by atoms with Crippen LogP contribution in [0.15, 0.2) is 119 Å². The van der Waals surface area contributed by atoms with Crippen molar-refractivity contribution in [2.45, 2.75) is 9.79 Å². The van der Waals surface area contributed by atoms with Crippen molar-refractivity contribution in [3.8, 4) is 22.6 Å². The Labute approximate surface area is 182 Å². The Morgan fingerprint density at radius 1 is 0.633 bits per heavy atom. The number of thiol groups is 1. The van der Waals surface area contributed by atoms with Gasteiger partial charge < -0.3 is 4.74 Å². The molecule has 0 bridgehead atoms. The zero-order chi connectivity index (χ0) is 21.4. The summed E-state index contributed by atoms with van der Waals surface area (Å²) in [5.74, 6) is 1.03. The summed E-state index contributed by atoms with van der Waals surface area (Å²) in [6, 6.07) is 33.4. The van der Waals surface area contributed by atoms with Crippen LogP contribution in [0.4, 0.5) is 0 Å². The molecule has 30 heavy (non-hydrogen) atoms. The predicted octanol–water partition coefficient (Wildman–Crippen LogP) is 6.37. The van der Waals surface area contributed by atoms with Gasteiger partial charge in [0.1, 0.15) is 11.5 Å². The van der Waals surface area contributed by atoms with Gasteiger partial charge in [-0.3, -0.25) is 4.55 Å². The van der Waals surface area contributed by atoms with E-state index in [1.165, 1.54) is 35.4 Å². The lowest BCUT2D eigenvalue weighted by Crippen LogP contribution is -1.97. The highest BCUT2D eigenvalue weighted by atomic mass is 32.2. The third-order valence-corrected chi connectivity index (χ3v) is 5.33. The third-order valence-electron chi connectivity index (χ3n) is 4.10. The smallest absolute Gasteiger partial charge is 0.294 e. The fourth-order valence-corrected chi connectivity index (χ4v) is 3.30. The molecular formula is C24H20O4S2. The number of hydrogen-bond donors (Lipinski definition) is 2. The van der Waals surface area contributed by atoms with E-state index in [9.17, 15) is 8.42 Å². The van der Waals surface area contributed by atoms with Gasteiger partial charge in [0.2, 0.25) is 0 Å². The van der Waals surface area contributed by atoms with E-state index in [1.54, 1.807) is 12.1 Å². The minimum absolute atomic E-state index is 0.172. The van der Waals surface area contributed by atoms with E-state index in [2.05, 4.69) is 61.2 Å². The minimum atomic E-state index is -4.17. The molecule has 4 rings (SSSR count). The first kappa shape index (κ1) is 21.6. The van der Waals surface area contributed by atoms with Crippen molar-refractivity contribution < 1.29 is 17.7 Å². The van der Waals surface area contributed by atoms with Crippen molar-refractivity contribution in [2.75, 3.05) is 0 Å². The van der Waals surface area contributed by atoms with Crippen molar-refractivity contribution >= 4 is 22.7 Å². The number of benzene rings is 4. The van der Waals surface area contributed by atoms with Gasteiger partial charge in [0.15, 0.2) is 0 Å². The highest BCUT2D eigenvalue weighted by Gasteiger charge is 2.09. The van der Waals surface area contributed by atoms with Crippen molar-refractivity contribution in [1.29, 1.82) is 0 Å². The predicted molar refractivity (Wildman–Crippen MR) is 122 cm³/mol. The van der Waals surface area contributed by atoms with Crippen LogP contribution in [0.5, 0.6) is 11.5 Å². The highest BCUT2D eigenvalue weighted by Crippen LogP contribution is 2.28. The molecule has 0 heterocycles. The maximum absolute atomic E-state index is 10.9. The number of rotatable bonds is 4. The van der Waals surface area contributed by atoms with Crippen LogP contribution in [0.1, 0.15) is 0 Å². The van der Waals surface area contributed by atoms with Crippen LogP contribution in [-0.4, -0.2) is 13.0 Å². The van der Waals surface area contributed by atoms with Gasteiger partial charge >= 0.3 is 0 Å². The largest absolute Gasteiger partial charge is 0.456 e. The first-order valence-electron chi connectivity index (χ1n) is 9.07. The molecule has 0 aromatic heterocycles. The van der Waals surface area contributed by atoms with E-state index in [0.29, 0.717) is 16.4 Å². The average molecular weight is 437 g/mol. The van der Waals surface area contributed by atoms with E-state index in [1.807, 2.05) is 24.3 Å². The van der Waals surface area contributed by atoms with E-state index in [4.69, 9.17) is 9.29 Å². The fourth-order valence-electron chi connectivity index (χ4n) is 2.61. The molecule has 152 valence electrons. The molecule has 0 aliphatic rings. The monoisotopic (exact) mass is 436 g/mol. The molecule has 0 saturated carbocycles. The van der Waals surface area contributed by atoms with Gasteiger partial charge in [0.25, 0.3) is 10.1 Å². The zero-order valence-electron chi connectivity index (χ0n) is 15.9. The summed E-state index contributed by atoms with van der Waals surface area (Å²) >= 11 is 4.23. The summed E-state index contributed by atoms with van der Waals surface area (Å²) in [5, 5.41) is 0. The maximum atomic E-state index is 10.9. The molecule has 0 aliphatic heterocycles. The molecule has 4 aromatic rings. The van der Waals surface area contributed by atoms with Crippen LogP contribution in [0.3, 0.4) is 0 Å². The van der Waals surface area contributed by atoms with E-state index >= 15 is 0 Å². The summed E-state index contributed by atoms with van der Waals surface area (Å²) in [6.07, 6.45) is 0. The topological polar surface area (TPSA) is 63.6 Å². The van der Waals surface area contributed by atoms with Gasteiger partial charge in [-0.25, -0.2) is 0 Å². The van der Waals surface area contributed by atoms with Crippen molar-refractivity contribution in [3.63, 3.8) is 0 Å². The summed E-state index contributed by atoms with van der Waals surface area (Å²) in [6.45, 7) is 0. The molecular weight excluding hydrogens is 416 g/mol. The van der Waals surface area contributed by atoms with Gasteiger partial charge in [-0.1, -0.05) is 72.8 Å². The second-order valence-corrected chi connectivity index (χ2v) is 8.15. The van der Waals surface area contributed by atoms with Gasteiger partial charge in [-0.15, -0.1) is 12.6 Å². The first-order valence-corrected chi connectivity index (χ1v) is 11.0. The molecule has 0 spiro atoms. The molecule has 0 atom stereocenters. The van der Waals surface area contributed by atoms with E-state index < -0.39 is 10.1 Å². The summed E-state index contributed by atoms with van der Waals surface area (Å²) in [4.78, 5) is 0.505. The Hall–Kier alpha value is -3.06. The molecule has 0 unspecified atom stereocenters. The van der Waals surface area contributed by atoms with Crippen molar-refractivity contribution in [2.24, 2.45) is 0 Å². The van der Waals surface area contributed by atoms with Gasteiger partial charge in [0, 0.05) is 4.90 Å². The first-order chi connectivity index (χ1) is 14.4. The SMILES string of the molecule is O=S(=O)(O)c1ccc(Oc2ccccc2S)cc1.c1ccc(-c2ccccc2)cc1. The Morgan fingerprint density at radius 2 is 1.10 bits per heavy atom. The molecule has 0 aliphatic carbocycles. The van der Waals surface area contributed by atoms with E-state index in [0.717, 1.165) is 0 Å².